The SMILES string of the molecule is CC(C)(C)c1cc(N2c3cc(C(C)(C)C)ccc3B3c4sc5cc6c(cc5c4N(c4ccc5c(c4)C(C)(C)CCC5(C)C)c4cc(N(c5ccccc5)c5ccc7c(c5)oc5ccccc57)cc2c43)C(C)(C)CCC6(C)C)cc(C(C)(C)C)c1. The van der Waals surface area contributed by atoms with E-state index in [2.05, 4.69) is 284 Å². The average Bonchev–Trinajstić information content (AvgIpc) is 1.34. The van der Waals surface area contributed by atoms with Gasteiger partial charge >= 0.3 is 0 Å². The summed E-state index contributed by atoms with van der Waals surface area (Å²) in [5.74, 6) is 0. The van der Waals surface area contributed by atoms with Crippen molar-refractivity contribution in [2.75, 3.05) is 14.7 Å². The first-order chi connectivity index (χ1) is 39.5. The smallest absolute Gasteiger partial charge is 0.264 e. The quantitative estimate of drug-likeness (QED) is 0.160. The maximum absolute atomic E-state index is 6.75. The number of rotatable bonds is 5. The van der Waals surface area contributed by atoms with Gasteiger partial charge in [-0.05, 0) is 198 Å². The van der Waals surface area contributed by atoms with Crippen molar-refractivity contribution in [2.24, 2.45) is 0 Å². The lowest BCUT2D eigenvalue weighted by Gasteiger charge is -2.46. The molecule has 0 saturated heterocycles. The molecule has 2 aliphatic heterocycles. The highest BCUT2D eigenvalue weighted by Gasteiger charge is 2.48. The summed E-state index contributed by atoms with van der Waals surface area (Å²) < 4.78 is 9.54. The van der Waals surface area contributed by atoms with Crippen molar-refractivity contribution in [3.05, 3.63) is 191 Å². The minimum Gasteiger partial charge on any atom is -0.456 e. The van der Waals surface area contributed by atoms with Crippen molar-refractivity contribution in [3.63, 3.8) is 0 Å². The van der Waals surface area contributed by atoms with Crippen LogP contribution < -0.4 is 30.4 Å². The van der Waals surface area contributed by atoms with Gasteiger partial charge in [-0.2, -0.15) is 0 Å². The molecule has 4 nitrogen and oxygen atoms in total. The van der Waals surface area contributed by atoms with Gasteiger partial charge in [-0.25, -0.2) is 0 Å². The maximum atomic E-state index is 6.75. The summed E-state index contributed by atoms with van der Waals surface area (Å²) in [6.45, 7) is 41.1. The van der Waals surface area contributed by atoms with E-state index in [4.69, 9.17) is 4.42 Å². The molecule has 2 aromatic heterocycles. The van der Waals surface area contributed by atoms with E-state index in [0.29, 0.717) is 0 Å². The van der Waals surface area contributed by atoms with Gasteiger partial charge < -0.3 is 19.1 Å². The van der Waals surface area contributed by atoms with E-state index in [1.54, 1.807) is 0 Å². The first kappa shape index (κ1) is 54.9. The number of fused-ring (bicyclic) bond motifs is 11. The van der Waals surface area contributed by atoms with Crippen molar-refractivity contribution < 1.29 is 4.42 Å². The molecule has 84 heavy (non-hydrogen) atoms. The van der Waals surface area contributed by atoms with Crippen LogP contribution >= 0.6 is 11.3 Å². The van der Waals surface area contributed by atoms with Gasteiger partial charge in [0.2, 0.25) is 0 Å². The number of furan rings is 1. The number of benzene rings is 8. The Morgan fingerprint density at radius 1 is 0.429 bits per heavy atom. The van der Waals surface area contributed by atoms with Gasteiger partial charge in [-0.15, -0.1) is 11.3 Å². The molecular weight excluding hydrogens is 1040 g/mol. The molecule has 2 aliphatic carbocycles. The Labute approximate surface area is 505 Å². The summed E-state index contributed by atoms with van der Waals surface area (Å²) in [6.07, 6.45) is 4.63. The molecule has 426 valence electrons. The highest BCUT2D eigenvalue weighted by atomic mass is 32.1. The van der Waals surface area contributed by atoms with E-state index in [-0.39, 0.29) is 44.6 Å². The zero-order valence-electron chi connectivity index (χ0n) is 53.0. The summed E-state index contributed by atoms with van der Waals surface area (Å²) >= 11 is 2.05. The van der Waals surface area contributed by atoms with Crippen LogP contribution in [0.3, 0.4) is 0 Å². The number of nitrogens with zero attached hydrogens (tertiary/aromatic N) is 3. The Hall–Kier alpha value is -7.02. The predicted molar refractivity (Wildman–Crippen MR) is 364 cm³/mol. The Morgan fingerprint density at radius 2 is 1.00 bits per heavy atom. The van der Waals surface area contributed by atoms with Crippen molar-refractivity contribution in [1.82, 2.24) is 0 Å². The van der Waals surface area contributed by atoms with E-state index < -0.39 is 0 Å². The van der Waals surface area contributed by atoms with Crippen LogP contribution in [0.25, 0.3) is 32.0 Å². The molecule has 0 unspecified atom stereocenters. The van der Waals surface area contributed by atoms with Crippen LogP contribution in [0, 0.1) is 0 Å². The minimum atomic E-state index is -0.106. The lowest BCUT2D eigenvalue weighted by atomic mass is 9.36. The molecule has 10 aromatic rings. The van der Waals surface area contributed by atoms with Crippen molar-refractivity contribution in [1.29, 1.82) is 0 Å². The third-order valence-electron chi connectivity index (χ3n) is 20.4. The Balaban J connectivity index is 1.16. The maximum Gasteiger partial charge on any atom is 0.264 e. The Bertz CT molecular complexity index is 4320. The second-order valence-corrected chi connectivity index (χ2v) is 32.3. The van der Waals surface area contributed by atoms with E-state index in [0.717, 1.165) is 51.8 Å². The van der Waals surface area contributed by atoms with Gasteiger partial charge in [-0.1, -0.05) is 178 Å². The molecule has 0 bridgehead atoms. The molecule has 4 aliphatic rings. The molecule has 0 amide bonds. The summed E-state index contributed by atoms with van der Waals surface area (Å²) in [7, 11) is 0. The second-order valence-electron chi connectivity index (χ2n) is 31.2. The van der Waals surface area contributed by atoms with Crippen LogP contribution in [0.4, 0.5) is 51.2 Å². The van der Waals surface area contributed by atoms with E-state index in [1.165, 1.54) is 112 Å². The van der Waals surface area contributed by atoms with E-state index in [1.807, 2.05) is 11.3 Å². The first-order valence-electron chi connectivity index (χ1n) is 31.1. The molecule has 14 rings (SSSR count). The van der Waals surface area contributed by atoms with Crippen LogP contribution in [-0.4, -0.2) is 6.71 Å². The fraction of sp³-hybridized carbons (Fsp3) is 0.359. The number of hydrogen-bond donors (Lipinski definition) is 0. The molecule has 6 heteroatoms. The van der Waals surface area contributed by atoms with Crippen LogP contribution in [-0.2, 0) is 37.9 Å². The third kappa shape index (κ3) is 8.56. The molecule has 0 saturated carbocycles. The minimum absolute atomic E-state index is 0.00255. The second kappa shape index (κ2) is 18.3. The topological polar surface area (TPSA) is 22.9 Å². The van der Waals surface area contributed by atoms with Crippen LogP contribution in [0.15, 0.2) is 156 Å². The lowest BCUT2D eigenvalue weighted by Crippen LogP contribution is -2.60. The largest absolute Gasteiger partial charge is 0.456 e. The van der Waals surface area contributed by atoms with Crippen LogP contribution in [0.2, 0.25) is 0 Å². The zero-order chi connectivity index (χ0) is 59.2. The summed E-state index contributed by atoms with van der Waals surface area (Å²) in [4.78, 5) is 7.93. The summed E-state index contributed by atoms with van der Waals surface area (Å²) in [5, 5.41) is 3.60. The van der Waals surface area contributed by atoms with Crippen LogP contribution in [0.5, 0.6) is 0 Å². The molecule has 0 radical (unpaired) electrons. The fourth-order valence-corrected chi connectivity index (χ4v) is 16.2. The Morgan fingerprint density at radius 3 is 1.64 bits per heavy atom. The van der Waals surface area contributed by atoms with Gasteiger partial charge in [0.05, 0.1) is 11.4 Å². The number of hydrogen-bond acceptors (Lipinski definition) is 5. The van der Waals surface area contributed by atoms with Gasteiger partial charge in [0, 0.05) is 71.5 Å². The molecular formula is C78H84BN3OS. The monoisotopic (exact) mass is 1120 g/mol. The molecule has 0 N–H and O–H groups in total. The predicted octanol–water partition coefficient (Wildman–Crippen LogP) is 20.9. The molecule has 0 fully saturated rings. The lowest BCUT2D eigenvalue weighted by molar-refractivity contribution is 0.332. The van der Waals surface area contributed by atoms with Gasteiger partial charge in [0.15, 0.2) is 0 Å². The number of anilines is 9. The standard InChI is InChI=1S/C78H84BN3OS/c1-72(2,3)47-27-32-62-63(40-47)81(53-38-48(73(4,5)6)37-49(39-53)74(7,8)9)64-42-54(80(50-23-19-18-20-24-50)52-28-30-56-55-25-21-22-26-66(55)83-67(56)44-52)43-65-69(64)79(62)71-70(57-45-60-61(46-68(57)84-71)78(16,17)36-35-77(60,14)15)82(65)51-29-31-58-59(41-51)76(12,13)34-33-75(58,10)11/h18-32,37-46H,33-36H2,1-17H3. The zero-order valence-corrected chi connectivity index (χ0v) is 53.8. The molecule has 4 heterocycles. The number of para-hydroxylation sites is 2. The van der Waals surface area contributed by atoms with Gasteiger partial charge in [0.25, 0.3) is 6.71 Å². The van der Waals surface area contributed by atoms with Crippen molar-refractivity contribution in [2.45, 2.75) is 181 Å². The highest BCUT2D eigenvalue weighted by molar-refractivity contribution is 7.33. The summed E-state index contributed by atoms with van der Waals surface area (Å²) in [5.41, 5.74) is 24.8. The fourth-order valence-electron chi connectivity index (χ4n) is 14.9. The Kier molecular flexibility index (Phi) is 11.9. The first-order valence-corrected chi connectivity index (χ1v) is 31.9. The van der Waals surface area contributed by atoms with Gasteiger partial charge in [0.1, 0.15) is 11.2 Å². The van der Waals surface area contributed by atoms with Crippen molar-refractivity contribution in [3.8, 4) is 0 Å². The summed E-state index contributed by atoms with van der Waals surface area (Å²) in [6, 6.07) is 59.4. The number of thiophene rings is 1. The molecule has 0 atom stereocenters. The van der Waals surface area contributed by atoms with Gasteiger partial charge in [-0.3, -0.25) is 0 Å². The average molecular weight is 1120 g/mol. The van der Waals surface area contributed by atoms with E-state index >= 15 is 0 Å². The van der Waals surface area contributed by atoms with Crippen molar-refractivity contribution >= 4 is 117 Å². The normalized spacial score (nSPS) is 17.5. The molecule has 8 aromatic carbocycles. The van der Waals surface area contributed by atoms with Crippen LogP contribution in [0.1, 0.15) is 182 Å². The molecule has 0 spiro atoms. The third-order valence-corrected chi connectivity index (χ3v) is 21.6. The highest BCUT2D eigenvalue weighted by Crippen LogP contribution is 2.56. The van der Waals surface area contributed by atoms with E-state index in [9.17, 15) is 0 Å².